The first-order chi connectivity index (χ1) is 5.79. The maximum Gasteiger partial charge on any atom is 0.222 e. The summed E-state index contributed by atoms with van der Waals surface area (Å²) in [6, 6.07) is 0.571. The predicted octanol–water partition coefficient (Wildman–Crippen LogP) is 2.17. The molecule has 0 spiro atoms. The summed E-state index contributed by atoms with van der Waals surface area (Å²) in [5.74, 6) is 0.333. The normalized spacial score (nSPS) is 16.2. The Labute approximate surface area is 82.4 Å². The molecule has 2 nitrogen and oxygen atoms in total. The summed E-state index contributed by atoms with van der Waals surface area (Å²) < 4.78 is 0. The minimum absolute atomic E-state index is 0.333. The lowest BCUT2D eigenvalue weighted by Gasteiger charge is -2.20. The van der Waals surface area contributed by atoms with Crippen LogP contribution >= 0.6 is 15.9 Å². The van der Waals surface area contributed by atoms with E-state index in [0.29, 0.717) is 18.4 Å². The molecule has 12 heavy (non-hydrogen) atoms. The third kappa shape index (κ3) is 2.77. The minimum atomic E-state index is 0.333. The molecule has 0 aromatic rings. The summed E-state index contributed by atoms with van der Waals surface area (Å²) in [4.78, 5) is 13.5. The molecule has 0 unspecified atom stereocenters. The zero-order valence-electron chi connectivity index (χ0n) is 7.55. The third-order valence-electron chi connectivity index (χ3n) is 2.10. The van der Waals surface area contributed by atoms with Gasteiger partial charge in [0.15, 0.2) is 0 Å². The standard InChI is InChI=1S/C9H16BrNO/c1-2-3-9(12)11(7-6-10)8-4-5-8/h8H,2-7H2,1H3. The number of rotatable bonds is 5. The van der Waals surface area contributed by atoms with Crippen LogP contribution in [0.4, 0.5) is 0 Å². The van der Waals surface area contributed by atoms with Gasteiger partial charge in [-0.1, -0.05) is 22.9 Å². The SMILES string of the molecule is CCCC(=O)N(CCBr)C1CC1. The molecule has 0 aromatic carbocycles. The summed E-state index contributed by atoms with van der Waals surface area (Å²) in [7, 11) is 0. The molecule has 0 aliphatic heterocycles. The number of halogens is 1. The first-order valence-corrected chi connectivity index (χ1v) is 5.77. The lowest BCUT2D eigenvalue weighted by atomic mass is 10.3. The monoisotopic (exact) mass is 233 g/mol. The minimum Gasteiger partial charge on any atom is -0.339 e. The molecule has 1 rings (SSSR count). The molecule has 1 aliphatic rings. The molecule has 0 heterocycles. The molecule has 3 heteroatoms. The Kier molecular flexibility index (Phi) is 4.06. The van der Waals surface area contributed by atoms with E-state index >= 15 is 0 Å². The van der Waals surface area contributed by atoms with Gasteiger partial charge >= 0.3 is 0 Å². The lowest BCUT2D eigenvalue weighted by Crippen LogP contribution is -2.34. The van der Waals surface area contributed by atoms with Gasteiger partial charge in [0, 0.05) is 24.3 Å². The van der Waals surface area contributed by atoms with E-state index in [2.05, 4.69) is 22.9 Å². The molecule has 0 atom stereocenters. The maximum atomic E-state index is 11.5. The Morgan fingerprint density at radius 3 is 2.67 bits per heavy atom. The lowest BCUT2D eigenvalue weighted by molar-refractivity contribution is -0.131. The largest absolute Gasteiger partial charge is 0.339 e. The van der Waals surface area contributed by atoms with Gasteiger partial charge in [0.25, 0.3) is 0 Å². The Morgan fingerprint density at radius 2 is 2.25 bits per heavy atom. The van der Waals surface area contributed by atoms with Gasteiger partial charge in [-0.05, 0) is 19.3 Å². The molecule has 1 amide bonds. The van der Waals surface area contributed by atoms with Crippen LogP contribution in [0.1, 0.15) is 32.6 Å². The molecule has 0 aromatic heterocycles. The number of amides is 1. The van der Waals surface area contributed by atoms with E-state index in [4.69, 9.17) is 0 Å². The number of hydrogen-bond donors (Lipinski definition) is 0. The van der Waals surface area contributed by atoms with E-state index in [0.717, 1.165) is 18.3 Å². The van der Waals surface area contributed by atoms with Gasteiger partial charge < -0.3 is 4.90 Å². The van der Waals surface area contributed by atoms with E-state index in [1.807, 2.05) is 4.90 Å². The van der Waals surface area contributed by atoms with Gasteiger partial charge in [-0.3, -0.25) is 4.79 Å². The van der Waals surface area contributed by atoms with E-state index in [1.165, 1.54) is 12.8 Å². The Bertz CT molecular complexity index is 157. The summed E-state index contributed by atoms with van der Waals surface area (Å²) in [5.41, 5.74) is 0. The summed E-state index contributed by atoms with van der Waals surface area (Å²) in [6.45, 7) is 2.93. The highest BCUT2D eigenvalue weighted by molar-refractivity contribution is 9.09. The highest BCUT2D eigenvalue weighted by Gasteiger charge is 2.31. The third-order valence-corrected chi connectivity index (χ3v) is 2.45. The van der Waals surface area contributed by atoms with E-state index in [9.17, 15) is 4.79 Å². The molecule has 0 saturated heterocycles. The molecule has 70 valence electrons. The van der Waals surface area contributed by atoms with E-state index < -0.39 is 0 Å². The fourth-order valence-electron chi connectivity index (χ4n) is 1.35. The number of hydrogen-bond acceptors (Lipinski definition) is 1. The van der Waals surface area contributed by atoms with E-state index in [1.54, 1.807) is 0 Å². The van der Waals surface area contributed by atoms with Crippen molar-refractivity contribution in [2.45, 2.75) is 38.6 Å². The van der Waals surface area contributed by atoms with Crippen molar-refractivity contribution in [2.75, 3.05) is 11.9 Å². The van der Waals surface area contributed by atoms with Crippen LogP contribution in [0.25, 0.3) is 0 Å². The molecule has 0 N–H and O–H groups in total. The van der Waals surface area contributed by atoms with Crippen molar-refractivity contribution < 1.29 is 4.79 Å². The number of alkyl halides is 1. The fraction of sp³-hybridized carbons (Fsp3) is 0.889. The molecular formula is C9H16BrNO. The van der Waals surface area contributed by atoms with Crippen LogP contribution in [0.2, 0.25) is 0 Å². The fourth-order valence-corrected chi connectivity index (χ4v) is 1.73. The average molecular weight is 234 g/mol. The highest BCUT2D eigenvalue weighted by atomic mass is 79.9. The van der Waals surface area contributed by atoms with Crippen LogP contribution in [-0.2, 0) is 4.79 Å². The van der Waals surface area contributed by atoms with Crippen LogP contribution in [0, 0.1) is 0 Å². The van der Waals surface area contributed by atoms with E-state index in [-0.39, 0.29) is 0 Å². The second kappa shape index (κ2) is 4.85. The molecule has 0 bridgehead atoms. The molecular weight excluding hydrogens is 218 g/mol. The Balaban J connectivity index is 2.34. The van der Waals surface area contributed by atoms with Crippen molar-refractivity contribution in [1.29, 1.82) is 0 Å². The predicted molar refractivity (Wildman–Crippen MR) is 53.4 cm³/mol. The van der Waals surface area contributed by atoms with Gasteiger partial charge in [0.2, 0.25) is 5.91 Å². The molecule has 1 fully saturated rings. The van der Waals surface area contributed by atoms with Gasteiger partial charge in [-0.2, -0.15) is 0 Å². The van der Waals surface area contributed by atoms with Crippen molar-refractivity contribution >= 4 is 21.8 Å². The number of carbonyl (C=O) groups excluding carboxylic acids is 1. The van der Waals surface area contributed by atoms with Gasteiger partial charge in [0.05, 0.1) is 0 Å². The Morgan fingerprint density at radius 1 is 1.58 bits per heavy atom. The smallest absolute Gasteiger partial charge is 0.222 e. The van der Waals surface area contributed by atoms with Gasteiger partial charge in [0.1, 0.15) is 0 Å². The maximum absolute atomic E-state index is 11.5. The molecule has 1 aliphatic carbocycles. The van der Waals surface area contributed by atoms with Gasteiger partial charge in [-0.15, -0.1) is 0 Å². The molecule has 1 saturated carbocycles. The van der Waals surface area contributed by atoms with Gasteiger partial charge in [-0.25, -0.2) is 0 Å². The quantitative estimate of drug-likeness (QED) is 0.667. The van der Waals surface area contributed by atoms with Crippen LogP contribution in [0.5, 0.6) is 0 Å². The number of nitrogens with zero attached hydrogens (tertiary/aromatic N) is 1. The van der Waals surface area contributed by atoms with Crippen molar-refractivity contribution in [3.05, 3.63) is 0 Å². The topological polar surface area (TPSA) is 20.3 Å². The Hall–Kier alpha value is -0.0500. The summed E-state index contributed by atoms with van der Waals surface area (Å²) in [6.07, 6.45) is 4.10. The van der Waals surface area contributed by atoms with Crippen molar-refractivity contribution in [2.24, 2.45) is 0 Å². The average Bonchev–Trinajstić information content (AvgIpc) is 2.83. The zero-order valence-corrected chi connectivity index (χ0v) is 9.14. The van der Waals surface area contributed by atoms with Crippen LogP contribution in [0.3, 0.4) is 0 Å². The van der Waals surface area contributed by atoms with Crippen molar-refractivity contribution in [1.82, 2.24) is 4.90 Å². The van der Waals surface area contributed by atoms with Crippen LogP contribution < -0.4 is 0 Å². The summed E-state index contributed by atoms with van der Waals surface area (Å²) in [5, 5.41) is 0.902. The highest BCUT2D eigenvalue weighted by Crippen LogP contribution is 2.27. The number of carbonyl (C=O) groups is 1. The first-order valence-electron chi connectivity index (χ1n) is 4.65. The van der Waals surface area contributed by atoms with Crippen molar-refractivity contribution in [3.63, 3.8) is 0 Å². The van der Waals surface area contributed by atoms with Crippen LogP contribution in [-0.4, -0.2) is 28.7 Å². The van der Waals surface area contributed by atoms with Crippen molar-refractivity contribution in [3.8, 4) is 0 Å². The second-order valence-electron chi connectivity index (χ2n) is 3.26. The second-order valence-corrected chi connectivity index (χ2v) is 4.05. The first kappa shape index (κ1) is 10.0. The van der Waals surface area contributed by atoms with Crippen LogP contribution in [0.15, 0.2) is 0 Å². The zero-order chi connectivity index (χ0) is 8.97. The summed E-state index contributed by atoms with van der Waals surface area (Å²) >= 11 is 3.37. The molecule has 0 radical (unpaired) electrons.